The fourth-order valence-electron chi connectivity index (χ4n) is 3.02. The molecule has 3 aromatic carbocycles. The summed E-state index contributed by atoms with van der Waals surface area (Å²) in [7, 11) is 0. The van der Waals surface area contributed by atoms with Crippen LogP contribution in [-0.4, -0.2) is 0 Å². The fourth-order valence-corrected chi connectivity index (χ4v) is 4.21. The molecule has 0 saturated heterocycles. The van der Waals surface area contributed by atoms with Crippen LogP contribution in [0.2, 0.25) is 0 Å². The maximum Gasteiger partial charge on any atom is 0.416 e. The van der Waals surface area contributed by atoms with Gasteiger partial charge in [0.15, 0.2) is 0 Å². The zero-order valence-corrected chi connectivity index (χ0v) is 15.0. The van der Waals surface area contributed by atoms with Gasteiger partial charge in [-0.3, -0.25) is 0 Å². The van der Waals surface area contributed by atoms with Gasteiger partial charge in [0.25, 0.3) is 0 Å². The lowest BCUT2D eigenvalue weighted by atomic mass is 9.99. The number of hydrogen-bond donors (Lipinski definition) is 0. The van der Waals surface area contributed by atoms with Crippen LogP contribution >= 0.6 is 11.3 Å². The SMILES string of the molecule is FC(F)(F)c1cccc(-c2cc(-c3ccccc3)sc2-c2ccccc2)c1. The predicted octanol–water partition coefficient (Wildman–Crippen LogP) is 7.77. The Morgan fingerprint density at radius 1 is 0.593 bits per heavy atom. The molecular weight excluding hydrogens is 365 g/mol. The summed E-state index contributed by atoms with van der Waals surface area (Å²) in [4.78, 5) is 2.00. The quantitative estimate of drug-likeness (QED) is 0.340. The summed E-state index contributed by atoms with van der Waals surface area (Å²) < 4.78 is 39.5. The van der Waals surface area contributed by atoms with Crippen molar-refractivity contribution in [2.45, 2.75) is 6.18 Å². The number of alkyl halides is 3. The summed E-state index contributed by atoms with van der Waals surface area (Å²) in [6.45, 7) is 0. The van der Waals surface area contributed by atoms with Crippen LogP contribution < -0.4 is 0 Å². The highest BCUT2D eigenvalue weighted by molar-refractivity contribution is 7.19. The molecule has 0 saturated carbocycles. The van der Waals surface area contributed by atoms with Gasteiger partial charge in [-0.25, -0.2) is 0 Å². The molecule has 4 heteroatoms. The highest BCUT2D eigenvalue weighted by Crippen LogP contribution is 2.44. The first-order chi connectivity index (χ1) is 13.0. The van der Waals surface area contributed by atoms with Crippen LogP contribution in [0.1, 0.15) is 5.56 Å². The van der Waals surface area contributed by atoms with E-state index in [0.717, 1.165) is 32.5 Å². The molecule has 4 aromatic rings. The van der Waals surface area contributed by atoms with E-state index in [4.69, 9.17) is 0 Å². The lowest BCUT2D eigenvalue weighted by Crippen LogP contribution is -2.04. The monoisotopic (exact) mass is 380 g/mol. The van der Waals surface area contributed by atoms with Crippen molar-refractivity contribution in [3.05, 3.63) is 96.6 Å². The molecule has 4 rings (SSSR count). The lowest BCUT2D eigenvalue weighted by molar-refractivity contribution is -0.137. The Hall–Kier alpha value is -2.85. The summed E-state index contributed by atoms with van der Waals surface area (Å²) in [6.07, 6.45) is -4.36. The molecular formula is C23H15F3S. The Balaban J connectivity index is 1.90. The van der Waals surface area contributed by atoms with Gasteiger partial charge in [0.2, 0.25) is 0 Å². The van der Waals surface area contributed by atoms with E-state index in [1.54, 1.807) is 17.4 Å². The van der Waals surface area contributed by atoms with Gasteiger partial charge in [0.1, 0.15) is 0 Å². The molecule has 1 heterocycles. The van der Waals surface area contributed by atoms with Crippen molar-refractivity contribution < 1.29 is 13.2 Å². The molecule has 0 aliphatic heterocycles. The van der Waals surface area contributed by atoms with Gasteiger partial charge in [-0.2, -0.15) is 13.2 Å². The van der Waals surface area contributed by atoms with Crippen molar-refractivity contribution in [3.63, 3.8) is 0 Å². The van der Waals surface area contributed by atoms with Crippen LogP contribution in [0.15, 0.2) is 91.0 Å². The minimum Gasteiger partial charge on any atom is -0.166 e. The lowest BCUT2D eigenvalue weighted by Gasteiger charge is -2.09. The van der Waals surface area contributed by atoms with E-state index >= 15 is 0 Å². The molecule has 134 valence electrons. The van der Waals surface area contributed by atoms with Gasteiger partial charge >= 0.3 is 6.18 Å². The largest absolute Gasteiger partial charge is 0.416 e. The zero-order chi connectivity index (χ0) is 18.9. The molecule has 0 aliphatic rings. The van der Waals surface area contributed by atoms with Crippen LogP contribution in [0.4, 0.5) is 13.2 Å². The second kappa shape index (κ2) is 7.05. The Kier molecular flexibility index (Phi) is 4.58. The highest BCUT2D eigenvalue weighted by Gasteiger charge is 2.30. The highest BCUT2D eigenvalue weighted by atomic mass is 32.1. The van der Waals surface area contributed by atoms with Crippen LogP contribution in [0, 0.1) is 0 Å². The van der Waals surface area contributed by atoms with E-state index in [9.17, 15) is 13.2 Å². The average molecular weight is 380 g/mol. The number of halogens is 3. The molecule has 0 N–H and O–H groups in total. The molecule has 27 heavy (non-hydrogen) atoms. The van der Waals surface area contributed by atoms with E-state index in [1.807, 2.05) is 66.7 Å². The second-order valence-electron chi connectivity index (χ2n) is 6.16. The minimum absolute atomic E-state index is 0.571. The number of thiophene rings is 1. The van der Waals surface area contributed by atoms with Gasteiger partial charge < -0.3 is 0 Å². The van der Waals surface area contributed by atoms with Gasteiger partial charge in [0, 0.05) is 15.3 Å². The number of benzene rings is 3. The van der Waals surface area contributed by atoms with E-state index < -0.39 is 11.7 Å². The van der Waals surface area contributed by atoms with E-state index in [1.165, 1.54) is 12.1 Å². The maximum absolute atomic E-state index is 13.2. The molecule has 0 unspecified atom stereocenters. The van der Waals surface area contributed by atoms with E-state index in [0.29, 0.717) is 5.56 Å². The standard InChI is InChI=1S/C23H15F3S/c24-23(25,26)19-13-7-12-18(14-19)20-15-21(16-8-3-1-4-9-16)27-22(20)17-10-5-2-6-11-17/h1-15H. The molecule has 0 aliphatic carbocycles. The third-order valence-corrected chi connectivity index (χ3v) is 5.56. The van der Waals surface area contributed by atoms with Gasteiger partial charge in [0.05, 0.1) is 5.56 Å². The van der Waals surface area contributed by atoms with Gasteiger partial charge in [-0.15, -0.1) is 11.3 Å². The molecule has 0 spiro atoms. The molecule has 0 amide bonds. The molecule has 0 atom stereocenters. The van der Waals surface area contributed by atoms with Crippen LogP contribution in [0.3, 0.4) is 0 Å². The molecule has 1 aromatic heterocycles. The molecule has 0 nitrogen and oxygen atoms in total. The smallest absolute Gasteiger partial charge is 0.166 e. The molecule has 0 radical (unpaired) electrons. The summed E-state index contributed by atoms with van der Waals surface area (Å²) >= 11 is 1.59. The van der Waals surface area contributed by atoms with Gasteiger partial charge in [-0.1, -0.05) is 72.8 Å². The maximum atomic E-state index is 13.2. The fraction of sp³-hybridized carbons (Fsp3) is 0.0435. The molecule has 0 bridgehead atoms. The predicted molar refractivity (Wildman–Crippen MR) is 106 cm³/mol. The van der Waals surface area contributed by atoms with E-state index in [2.05, 4.69) is 0 Å². The minimum atomic E-state index is -4.36. The van der Waals surface area contributed by atoms with E-state index in [-0.39, 0.29) is 0 Å². The van der Waals surface area contributed by atoms with Crippen LogP contribution in [0.25, 0.3) is 32.0 Å². The Morgan fingerprint density at radius 3 is 1.81 bits per heavy atom. The first kappa shape index (κ1) is 17.6. The van der Waals surface area contributed by atoms with Crippen molar-refractivity contribution in [2.75, 3.05) is 0 Å². The summed E-state index contributed by atoms with van der Waals surface area (Å²) in [5.41, 5.74) is 2.81. The van der Waals surface area contributed by atoms with Crippen molar-refractivity contribution in [3.8, 4) is 32.0 Å². The summed E-state index contributed by atoms with van der Waals surface area (Å²) in [6, 6.07) is 27.2. The first-order valence-electron chi connectivity index (χ1n) is 8.45. The number of hydrogen-bond acceptors (Lipinski definition) is 1. The normalized spacial score (nSPS) is 11.5. The summed E-state index contributed by atoms with van der Waals surface area (Å²) in [5.74, 6) is 0. The van der Waals surface area contributed by atoms with Gasteiger partial charge in [-0.05, 0) is 34.9 Å². The van der Waals surface area contributed by atoms with Crippen molar-refractivity contribution in [1.82, 2.24) is 0 Å². The van der Waals surface area contributed by atoms with Crippen molar-refractivity contribution >= 4 is 11.3 Å². The Labute approximate surface area is 159 Å². The van der Waals surface area contributed by atoms with Crippen molar-refractivity contribution in [1.29, 1.82) is 0 Å². The third kappa shape index (κ3) is 3.67. The van der Waals surface area contributed by atoms with Crippen molar-refractivity contribution in [2.24, 2.45) is 0 Å². The topological polar surface area (TPSA) is 0 Å². The Bertz CT molecular complexity index is 1050. The van der Waals surface area contributed by atoms with Crippen LogP contribution in [-0.2, 0) is 6.18 Å². The number of rotatable bonds is 3. The third-order valence-electron chi connectivity index (χ3n) is 4.33. The molecule has 0 fully saturated rings. The first-order valence-corrected chi connectivity index (χ1v) is 9.26. The summed E-state index contributed by atoms with van der Waals surface area (Å²) in [5, 5.41) is 0. The second-order valence-corrected chi connectivity index (χ2v) is 7.22. The zero-order valence-electron chi connectivity index (χ0n) is 14.2. The average Bonchev–Trinajstić information content (AvgIpc) is 3.14. The Morgan fingerprint density at radius 2 is 1.19 bits per heavy atom. The van der Waals surface area contributed by atoms with Crippen LogP contribution in [0.5, 0.6) is 0 Å².